The lowest BCUT2D eigenvalue weighted by molar-refractivity contribution is -0.119. The largest absolute Gasteiger partial charge is 0.325 e. The molecule has 2 amide bonds. The van der Waals surface area contributed by atoms with E-state index in [-0.39, 0.29) is 23.1 Å². The Morgan fingerprint density at radius 1 is 1.20 bits per heavy atom. The van der Waals surface area contributed by atoms with E-state index in [0.717, 1.165) is 24.1 Å². The summed E-state index contributed by atoms with van der Waals surface area (Å²) in [6.07, 6.45) is 2.32. The Balaban J connectivity index is 1.47. The summed E-state index contributed by atoms with van der Waals surface area (Å²) in [4.78, 5) is 26.7. The molecule has 4 rings (SSSR count). The van der Waals surface area contributed by atoms with Crippen molar-refractivity contribution in [1.82, 2.24) is 0 Å². The van der Waals surface area contributed by atoms with Gasteiger partial charge in [-0.3, -0.25) is 9.59 Å². The molecule has 1 saturated carbocycles. The normalized spacial score (nSPS) is 16.8. The number of benzene rings is 2. The van der Waals surface area contributed by atoms with Crippen LogP contribution < -0.4 is 10.2 Å². The lowest BCUT2D eigenvalue weighted by Crippen LogP contribution is -2.30. The first kappa shape index (κ1) is 20.9. The molecule has 2 aromatic carbocycles. The van der Waals surface area contributed by atoms with E-state index < -0.39 is 21.0 Å². The van der Waals surface area contributed by atoms with Gasteiger partial charge in [-0.1, -0.05) is 23.7 Å². The van der Waals surface area contributed by atoms with Crippen LogP contribution in [0.1, 0.15) is 31.7 Å². The van der Waals surface area contributed by atoms with Gasteiger partial charge in [-0.05, 0) is 62.1 Å². The highest BCUT2D eigenvalue weighted by Crippen LogP contribution is 2.37. The van der Waals surface area contributed by atoms with Crippen LogP contribution in [0.2, 0.25) is 5.02 Å². The monoisotopic (exact) mass is 446 g/mol. The second kappa shape index (κ2) is 8.04. The van der Waals surface area contributed by atoms with Crippen molar-refractivity contribution in [2.45, 2.75) is 42.8 Å². The summed E-state index contributed by atoms with van der Waals surface area (Å²) in [5, 5.41) is 2.16. The fourth-order valence-corrected chi connectivity index (χ4v) is 5.28. The average Bonchev–Trinajstić information content (AvgIpc) is 3.48. The maximum absolute atomic E-state index is 13.0. The number of fused-ring (bicyclic) bond motifs is 1. The van der Waals surface area contributed by atoms with Crippen LogP contribution in [-0.4, -0.2) is 32.0 Å². The Labute approximate surface area is 181 Å². The van der Waals surface area contributed by atoms with Crippen molar-refractivity contribution in [3.63, 3.8) is 0 Å². The van der Waals surface area contributed by atoms with Gasteiger partial charge in [-0.25, -0.2) is 8.42 Å². The molecular weight excluding hydrogens is 424 g/mol. The molecule has 0 unspecified atom stereocenters. The van der Waals surface area contributed by atoms with E-state index in [2.05, 4.69) is 5.32 Å². The van der Waals surface area contributed by atoms with Crippen LogP contribution >= 0.6 is 11.6 Å². The maximum atomic E-state index is 13.0. The maximum Gasteiger partial charge on any atom is 0.230 e. The van der Waals surface area contributed by atoms with Gasteiger partial charge in [-0.15, -0.1) is 0 Å². The summed E-state index contributed by atoms with van der Waals surface area (Å²) >= 11 is 6.04. The number of rotatable bonds is 6. The summed E-state index contributed by atoms with van der Waals surface area (Å²) in [6, 6.07) is 11.7. The fraction of sp³-hybridized carbons (Fsp3) is 0.364. The molecule has 30 heavy (non-hydrogen) atoms. The van der Waals surface area contributed by atoms with Crippen LogP contribution in [0.25, 0.3) is 0 Å². The van der Waals surface area contributed by atoms with E-state index in [1.165, 1.54) is 13.0 Å². The molecule has 0 radical (unpaired) electrons. The highest BCUT2D eigenvalue weighted by Gasteiger charge is 2.37. The average molecular weight is 447 g/mol. The molecule has 1 fully saturated rings. The molecule has 0 spiro atoms. The first-order valence-corrected chi connectivity index (χ1v) is 11.9. The summed E-state index contributed by atoms with van der Waals surface area (Å²) < 4.78 is 26.1. The number of nitrogens with zero attached hydrogens (tertiary/aromatic N) is 1. The number of nitrogens with one attached hydrogen (secondary N) is 1. The molecule has 2 aromatic rings. The van der Waals surface area contributed by atoms with Gasteiger partial charge in [0, 0.05) is 24.6 Å². The number of para-hydroxylation sites is 1. The molecule has 2 aliphatic rings. The van der Waals surface area contributed by atoms with Crippen molar-refractivity contribution in [2.24, 2.45) is 5.92 Å². The topological polar surface area (TPSA) is 83.6 Å². The number of hydrogen-bond donors (Lipinski definition) is 1. The van der Waals surface area contributed by atoms with E-state index in [9.17, 15) is 18.0 Å². The quantitative estimate of drug-likeness (QED) is 0.730. The predicted octanol–water partition coefficient (Wildman–Crippen LogP) is 3.83. The van der Waals surface area contributed by atoms with Crippen molar-refractivity contribution in [3.8, 4) is 0 Å². The first-order valence-electron chi connectivity index (χ1n) is 10.00. The number of carbonyl (C=O) groups excluding carboxylic acids is 2. The Morgan fingerprint density at radius 2 is 1.93 bits per heavy atom. The zero-order valence-corrected chi connectivity index (χ0v) is 18.2. The molecular formula is C22H23ClN2O4S. The van der Waals surface area contributed by atoms with Crippen molar-refractivity contribution >= 4 is 44.6 Å². The number of hydrogen-bond acceptors (Lipinski definition) is 4. The molecule has 8 heteroatoms. The van der Waals surface area contributed by atoms with Crippen LogP contribution in [0.5, 0.6) is 0 Å². The SMILES string of the molecule is C[C@@H](CC(=O)Nc1ccccc1Cl)S(=O)(=O)c1ccc2c(c1)CCN2C(=O)C1CC1. The van der Waals surface area contributed by atoms with E-state index in [0.29, 0.717) is 23.7 Å². The standard InChI is InChI=1S/C22H23ClN2O4S/c1-14(12-21(26)24-19-5-3-2-4-18(19)23)30(28,29)17-8-9-20-16(13-17)10-11-25(20)22(27)15-6-7-15/h2-5,8-9,13-15H,6-7,10-12H2,1H3,(H,24,26)/t14-/m0/s1. The molecule has 1 aliphatic carbocycles. The van der Waals surface area contributed by atoms with Crippen molar-refractivity contribution in [3.05, 3.63) is 53.1 Å². The number of carbonyl (C=O) groups is 2. The van der Waals surface area contributed by atoms with Gasteiger partial charge >= 0.3 is 0 Å². The van der Waals surface area contributed by atoms with E-state index in [1.54, 1.807) is 41.3 Å². The Hall–Kier alpha value is -2.38. The predicted molar refractivity (Wildman–Crippen MR) is 117 cm³/mol. The summed E-state index contributed by atoms with van der Waals surface area (Å²) in [6.45, 7) is 2.11. The molecule has 1 N–H and O–H groups in total. The van der Waals surface area contributed by atoms with Gasteiger partial charge in [0.1, 0.15) is 0 Å². The van der Waals surface area contributed by atoms with Crippen molar-refractivity contribution in [2.75, 3.05) is 16.8 Å². The third-order valence-corrected chi connectivity index (χ3v) is 8.08. The zero-order chi connectivity index (χ0) is 21.5. The summed E-state index contributed by atoms with van der Waals surface area (Å²) in [5.74, 6) is -0.161. The highest BCUT2D eigenvalue weighted by molar-refractivity contribution is 7.92. The number of anilines is 2. The lowest BCUT2D eigenvalue weighted by Gasteiger charge is -2.18. The molecule has 6 nitrogen and oxygen atoms in total. The van der Waals surface area contributed by atoms with Gasteiger partial charge in [0.2, 0.25) is 11.8 Å². The second-order valence-electron chi connectivity index (χ2n) is 7.89. The summed E-state index contributed by atoms with van der Waals surface area (Å²) in [5.41, 5.74) is 2.11. The minimum atomic E-state index is -3.70. The third-order valence-electron chi connectivity index (χ3n) is 5.62. The van der Waals surface area contributed by atoms with Crippen LogP contribution in [0.4, 0.5) is 11.4 Å². The van der Waals surface area contributed by atoms with Gasteiger partial charge in [0.25, 0.3) is 0 Å². The lowest BCUT2D eigenvalue weighted by atomic mass is 10.2. The molecule has 1 aliphatic heterocycles. The minimum Gasteiger partial charge on any atom is -0.325 e. The van der Waals surface area contributed by atoms with Crippen LogP contribution in [0, 0.1) is 5.92 Å². The van der Waals surface area contributed by atoms with E-state index in [1.807, 2.05) is 0 Å². The molecule has 158 valence electrons. The molecule has 0 saturated heterocycles. The van der Waals surface area contributed by atoms with E-state index >= 15 is 0 Å². The number of halogens is 1. The third kappa shape index (κ3) is 4.09. The van der Waals surface area contributed by atoms with Crippen molar-refractivity contribution in [1.29, 1.82) is 0 Å². The smallest absolute Gasteiger partial charge is 0.230 e. The molecule has 0 bridgehead atoms. The van der Waals surface area contributed by atoms with Crippen LogP contribution in [0.15, 0.2) is 47.4 Å². The van der Waals surface area contributed by atoms with E-state index in [4.69, 9.17) is 11.6 Å². The fourth-order valence-electron chi connectivity index (χ4n) is 3.70. The van der Waals surface area contributed by atoms with Crippen molar-refractivity contribution < 1.29 is 18.0 Å². The molecule has 1 heterocycles. The number of amides is 2. The zero-order valence-electron chi connectivity index (χ0n) is 16.6. The summed E-state index contributed by atoms with van der Waals surface area (Å²) in [7, 11) is -3.70. The molecule has 0 aromatic heterocycles. The Kier molecular flexibility index (Phi) is 5.59. The first-order chi connectivity index (χ1) is 14.3. The van der Waals surface area contributed by atoms with Gasteiger partial charge < -0.3 is 10.2 Å². The van der Waals surface area contributed by atoms with Crippen LogP contribution in [0.3, 0.4) is 0 Å². The van der Waals surface area contributed by atoms with Gasteiger partial charge in [0.05, 0.1) is 20.9 Å². The molecule has 1 atom stereocenters. The Bertz CT molecular complexity index is 1110. The van der Waals surface area contributed by atoms with Gasteiger partial charge in [-0.2, -0.15) is 0 Å². The highest BCUT2D eigenvalue weighted by atomic mass is 35.5. The minimum absolute atomic E-state index is 0.121. The Morgan fingerprint density at radius 3 is 2.63 bits per heavy atom. The van der Waals surface area contributed by atoms with Crippen LogP contribution in [-0.2, 0) is 25.8 Å². The number of sulfone groups is 1. The van der Waals surface area contributed by atoms with Gasteiger partial charge in [0.15, 0.2) is 9.84 Å². The second-order valence-corrected chi connectivity index (χ2v) is 10.7.